The zero-order chi connectivity index (χ0) is 26.6. The van der Waals surface area contributed by atoms with Crippen molar-refractivity contribution in [2.75, 3.05) is 6.61 Å². The lowest BCUT2D eigenvalue weighted by Crippen LogP contribution is -3.00. The number of aryl methyl sites for hydroxylation is 1. The summed E-state index contributed by atoms with van der Waals surface area (Å²) in [5, 5.41) is 3.56. The molecular weight excluding hydrogens is 607 g/mol. The quantitative estimate of drug-likeness (QED) is 0.112. The van der Waals surface area contributed by atoms with Gasteiger partial charge in [-0.2, -0.15) is 0 Å². The minimum Gasteiger partial charge on any atom is -1.00 e. The summed E-state index contributed by atoms with van der Waals surface area (Å²) in [5.74, 6) is 0.688. The molecule has 2 rings (SSSR count). The third-order valence-electron chi connectivity index (χ3n) is 6.89. The molecule has 0 saturated carbocycles. The molecule has 6 heteroatoms. The summed E-state index contributed by atoms with van der Waals surface area (Å²) < 4.78 is 7.99. The number of nitrogens with one attached hydrogen (secondary N) is 1. The highest BCUT2D eigenvalue weighted by Crippen LogP contribution is 2.26. The Morgan fingerprint density at radius 2 is 1.45 bits per heavy atom. The fourth-order valence-electron chi connectivity index (χ4n) is 4.58. The van der Waals surface area contributed by atoms with Gasteiger partial charge in [0.2, 0.25) is 5.91 Å². The molecule has 1 aromatic carbocycles. The first kappa shape index (κ1) is 34.7. The minimum atomic E-state index is -0.0148. The van der Waals surface area contributed by atoms with Crippen molar-refractivity contribution in [3.8, 4) is 5.75 Å². The van der Waals surface area contributed by atoms with Gasteiger partial charge in [-0.3, -0.25) is 4.79 Å². The molecule has 0 aliphatic rings. The summed E-state index contributed by atoms with van der Waals surface area (Å²) in [6.07, 6.45) is 23.3. The van der Waals surface area contributed by atoms with Crippen molar-refractivity contribution in [2.45, 2.75) is 123 Å². The number of unbranched alkanes of at least 4 members (excludes halogenated alkanes) is 13. The lowest BCUT2D eigenvalue weighted by Gasteiger charge is -2.10. The van der Waals surface area contributed by atoms with E-state index in [9.17, 15) is 4.79 Å². The van der Waals surface area contributed by atoms with E-state index >= 15 is 0 Å². The summed E-state index contributed by atoms with van der Waals surface area (Å²) in [6, 6.07) is 9.68. The van der Waals surface area contributed by atoms with E-state index in [1.54, 1.807) is 0 Å². The Labute approximate surface area is 254 Å². The third-order valence-corrected chi connectivity index (χ3v) is 7.19. The first-order valence-electron chi connectivity index (χ1n) is 14.8. The Kier molecular flexibility index (Phi) is 20.5. The molecule has 38 heavy (non-hydrogen) atoms. The van der Waals surface area contributed by atoms with Crippen LogP contribution in [0.2, 0.25) is 5.02 Å². The molecule has 1 heterocycles. The van der Waals surface area contributed by atoms with E-state index in [2.05, 4.69) is 29.9 Å². The second-order valence-electron chi connectivity index (χ2n) is 10.2. The molecule has 0 spiro atoms. The van der Waals surface area contributed by atoms with Crippen LogP contribution in [0.25, 0.3) is 0 Å². The molecule has 1 aromatic heterocycles. The number of hydrogen-bond donors (Lipinski definition) is 1. The fourth-order valence-corrected chi connectivity index (χ4v) is 4.83. The lowest BCUT2D eigenvalue weighted by atomic mass is 10.0. The van der Waals surface area contributed by atoms with Gasteiger partial charge >= 0.3 is 0 Å². The van der Waals surface area contributed by atoms with Crippen LogP contribution in [0, 0.1) is 0 Å². The van der Waals surface area contributed by atoms with Crippen molar-refractivity contribution in [1.82, 2.24) is 5.32 Å². The molecule has 214 valence electrons. The average Bonchev–Trinajstić information content (AvgIpc) is 2.91. The maximum absolute atomic E-state index is 12.4. The van der Waals surface area contributed by atoms with E-state index in [1.165, 1.54) is 83.5 Å². The second-order valence-corrected chi connectivity index (χ2v) is 10.6. The van der Waals surface area contributed by atoms with Gasteiger partial charge < -0.3 is 34.0 Å². The molecule has 0 aliphatic carbocycles. The molecule has 1 amide bonds. The van der Waals surface area contributed by atoms with Crippen molar-refractivity contribution >= 4 is 17.5 Å². The number of benzene rings is 1. The maximum atomic E-state index is 12.4. The van der Waals surface area contributed by atoms with Gasteiger partial charge in [-0.25, -0.2) is 4.57 Å². The van der Waals surface area contributed by atoms with Crippen LogP contribution < -0.4 is 38.6 Å². The number of aromatic nitrogens is 1. The predicted molar refractivity (Wildman–Crippen MR) is 155 cm³/mol. The van der Waals surface area contributed by atoms with Gasteiger partial charge in [0, 0.05) is 18.2 Å². The topological polar surface area (TPSA) is 42.2 Å². The SMILES string of the molecule is CCCCCCCCCCCCCCCCOc1ccc(CC(=O)NCc2ccc[n+](CC)c2)cc1Cl.[I-]. The lowest BCUT2D eigenvalue weighted by molar-refractivity contribution is -0.694. The number of halogens is 2. The number of pyridine rings is 1. The van der Waals surface area contributed by atoms with Crippen molar-refractivity contribution in [2.24, 2.45) is 0 Å². The van der Waals surface area contributed by atoms with Gasteiger partial charge in [0.25, 0.3) is 0 Å². The Bertz CT molecular complexity index is 894. The Morgan fingerprint density at radius 3 is 2.03 bits per heavy atom. The predicted octanol–water partition coefficient (Wildman–Crippen LogP) is 5.37. The van der Waals surface area contributed by atoms with Crippen LogP contribution in [0.4, 0.5) is 0 Å². The summed E-state index contributed by atoms with van der Waals surface area (Å²) in [4.78, 5) is 12.4. The monoisotopic (exact) mass is 656 g/mol. The smallest absolute Gasteiger partial charge is 0.224 e. The Hall–Kier alpha value is -1.34. The summed E-state index contributed by atoms with van der Waals surface area (Å²) in [5.41, 5.74) is 1.98. The molecule has 0 unspecified atom stereocenters. The van der Waals surface area contributed by atoms with E-state index in [0.29, 0.717) is 30.3 Å². The van der Waals surface area contributed by atoms with Gasteiger partial charge in [-0.05, 0) is 37.1 Å². The average molecular weight is 657 g/mol. The molecule has 0 radical (unpaired) electrons. The van der Waals surface area contributed by atoms with Crippen LogP contribution in [0.15, 0.2) is 42.7 Å². The van der Waals surface area contributed by atoms with Gasteiger partial charge in [0.05, 0.1) is 18.1 Å². The summed E-state index contributed by atoms with van der Waals surface area (Å²) in [7, 11) is 0. The number of carbonyl (C=O) groups excluding carboxylic acids is 1. The van der Waals surface area contributed by atoms with Crippen LogP contribution in [0.1, 0.15) is 115 Å². The van der Waals surface area contributed by atoms with Crippen LogP contribution in [-0.2, 0) is 24.3 Å². The molecule has 4 nitrogen and oxygen atoms in total. The highest BCUT2D eigenvalue weighted by molar-refractivity contribution is 6.32. The van der Waals surface area contributed by atoms with E-state index in [4.69, 9.17) is 16.3 Å². The number of rotatable bonds is 21. The summed E-state index contributed by atoms with van der Waals surface area (Å²) >= 11 is 6.42. The molecule has 0 saturated heterocycles. The van der Waals surface area contributed by atoms with Gasteiger partial charge in [-0.15, -0.1) is 0 Å². The number of ether oxygens (including phenoxy) is 1. The van der Waals surface area contributed by atoms with E-state index < -0.39 is 0 Å². The molecular formula is C32H50ClIN2O2. The van der Waals surface area contributed by atoms with E-state index in [1.807, 2.05) is 36.5 Å². The molecule has 2 aromatic rings. The largest absolute Gasteiger partial charge is 1.00 e. The molecule has 0 fully saturated rings. The van der Waals surface area contributed by atoms with Gasteiger partial charge in [0.15, 0.2) is 12.4 Å². The standard InChI is InChI=1S/C32H49ClN2O2.HI/c1-3-5-6-7-8-9-10-11-12-13-14-15-16-17-23-37-31-21-20-28(24-30(31)33)25-32(36)34-26-29-19-18-22-35(4-2)27-29;/h18-22,24,27H,3-17,23,25-26H2,1-2H3;1H. The van der Waals surface area contributed by atoms with Crippen molar-refractivity contribution < 1.29 is 38.1 Å². The van der Waals surface area contributed by atoms with E-state index in [0.717, 1.165) is 24.1 Å². The van der Waals surface area contributed by atoms with Gasteiger partial charge in [0.1, 0.15) is 12.3 Å². The van der Waals surface area contributed by atoms with Crippen LogP contribution >= 0.6 is 11.6 Å². The zero-order valence-corrected chi connectivity index (χ0v) is 26.7. The second kappa shape index (κ2) is 22.5. The number of amides is 1. The molecule has 1 N–H and O–H groups in total. The van der Waals surface area contributed by atoms with Crippen molar-refractivity contribution in [1.29, 1.82) is 0 Å². The first-order valence-corrected chi connectivity index (χ1v) is 15.2. The van der Waals surface area contributed by atoms with Crippen LogP contribution in [-0.4, -0.2) is 12.5 Å². The molecule has 0 atom stereocenters. The highest BCUT2D eigenvalue weighted by atomic mass is 127. The van der Waals surface area contributed by atoms with Crippen molar-refractivity contribution in [3.05, 3.63) is 58.9 Å². The van der Waals surface area contributed by atoms with Crippen molar-refractivity contribution in [3.63, 3.8) is 0 Å². The Balaban J connectivity index is 0.00000722. The maximum Gasteiger partial charge on any atom is 0.224 e. The van der Waals surface area contributed by atoms with Gasteiger partial charge in [-0.1, -0.05) is 108 Å². The van der Waals surface area contributed by atoms with Crippen LogP contribution in [0.5, 0.6) is 5.75 Å². The fraction of sp³-hybridized carbons (Fsp3) is 0.625. The third kappa shape index (κ3) is 15.9. The molecule has 0 aliphatic heterocycles. The number of carbonyl (C=O) groups is 1. The number of nitrogens with zero attached hydrogens (tertiary/aromatic N) is 1. The Morgan fingerprint density at radius 1 is 0.842 bits per heavy atom. The zero-order valence-electron chi connectivity index (χ0n) is 23.8. The highest BCUT2D eigenvalue weighted by Gasteiger charge is 2.09. The summed E-state index contributed by atoms with van der Waals surface area (Å²) in [6.45, 7) is 6.49. The first-order chi connectivity index (χ1) is 18.1. The normalized spacial score (nSPS) is 10.7. The number of hydrogen-bond acceptors (Lipinski definition) is 2. The minimum absolute atomic E-state index is 0. The van der Waals surface area contributed by atoms with E-state index in [-0.39, 0.29) is 29.9 Å². The van der Waals surface area contributed by atoms with Crippen LogP contribution in [0.3, 0.4) is 0 Å². The molecule has 0 bridgehead atoms.